The number of methoxy groups -OCH3 is 1. The summed E-state index contributed by atoms with van der Waals surface area (Å²) in [5.41, 5.74) is 2.83. The van der Waals surface area contributed by atoms with Crippen LogP contribution in [0.3, 0.4) is 0 Å². The van der Waals surface area contributed by atoms with Crippen molar-refractivity contribution in [2.75, 3.05) is 20.8 Å². The first-order valence-corrected chi connectivity index (χ1v) is 8.91. The van der Waals surface area contributed by atoms with Gasteiger partial charge in [0.2, 0.25) is 11.7 Å². The largest absolute Gasteiger partial charge is 0.493 e. The molecule has 3 rings (SSSR count). The average Bonchev–Trinajstić information content (AvgIpc) is 3.15. The predicted octanol–water partition coefficient (Wildman–Crippen LogP) is 3.73. The van der Waals surface area contributed by atoms with Crippen LogP contribution in [0.5, 0.6) is 11.5 Å². The van der Waals surface area contributed by atoms with E-state index in [0.717, 1.165) is 22.4 Å². The third-order valence-corrected chi connectivity index (χ3v) is 4.00. The van der Waals surface area contributed by atoms with E-state index < -0.39 is 0 Å². The van der Waals surface area contributed by atoms with Gasteiger partial charge in [-0.15, -0.1) is 0 Å². The van der Waals surface area contributed by atoms with Crippen molar-refractivity contribution in [1.29, 1.82) is 0 Å². The molecular weight excluding hydrogens is 356 g/mol. The van der Waals surface area contributed by atoms with Crippen LogP contribution < -0.4 is 9.47 Å². The van der Waals surface area contributed by atoms with Crippen molar-refractivity contribution < 1.29 is 14.0 Å². The van der Waals surface area contributed by atoms with Crippen LogP contribution in [-0.4, -0.2) is 40.8 Å². The predicted molar refractivity (Wildman–Crippen MR) is 106 cm³/mol. The molecule has 2 heterocycles. The molecule has 0 bridgehead atoms. The number of rotatable bonds is 9. The first-order chi connectivity index (χ1) is 13.6. The lowest BCUT2D eigenvalue weighted by Crippen LogP contribution is -2.18. The van der Waals surface area contributed by atoms with Crippen molar-refractivity contribution in [3.05, 3.63) is 66.3 Å². The number of hydrogen-bond donors (Lipinski definition) is 0. The topological polar surface area (TPSA) is 73.5 Å². The van der Waals surface area contributed by atoms with Crippen LogP contribution in [0.4, 0.5) is 0 Å². The van der Waals surface area contributed by atoms with E-state index in [0.29, 0.717) is 37.2 Å². The molecule has 0 radical (unpaired) electrons. The second-order valence-corrected chi connectivity index (χ2v) is 6.61. The van der Waals surface area contributed by atoms with Gasteiger partial charge in [-0.25, -0.2) is 0 Å². The second kappa shape index (κ2) is 9.14. The smallest absolute Gasteiger partial charge is 0.241 e. The van der Waals surface area contributed by atoms with Crippen LogP contribution in [0, 0.1) is 0 Å². The van der Waals surface area contributed by atoms with Gasteiger partial charge in [-0.1, -0.05) is 23.9 Å². The zero-order valence-electron chi connectivity index (χ0n) is 16.4. The molecule has 0 aliphatic carbocycles. The summed E-state index contributed by atoms with van der Waals surface area (Å²) in [5.74, 6) is 2.52. The van der Waals surface area contributed by atoms with Gasteiger partial charge in [0.1, 0.15) is 6.61 Å². The van der Waals surface area contributed by atoms with Gasteiger partial charge in [-0.3, -0.25) is 9.88 Å². The Bertz CT molecular complexity index is 924. The normalized spacial score (nSPS) is 10.9. The Morgan fingerprint density at radius 3 is 2.68 bits per heavy atom. The highest BCUT2D eigenvalue weighted by molar-refractivity contribution is 5.52. The molecule has 0 N–H and O–H groups in total. The molecule has 0 saturated carbocycles. The lowest BCUT2D eigenvalue weighted by molar-refractivity contribution is 0.253. The minimum absolute atomic E-state index is 0.441. The molecule has 0 spiro atoms. The molecule has 7 nitrogen and oxygen atoms in total. The van der Waals surface area contributed by atoms with Gasteiger partial charge < -0.3 is 14.0 Å². The SMILES string of the molecule is C=C(C)COc1c(CN(C)Cc2nc(-c3ccncc3)no2)cccc1OC. The molecule has 0 saturated heterocycles. The molecule has 1 aromatic carbocycles. The summed E-state index contributed by atoms with van der Waals surface area (Å²) in [5, 5.41) is 4.05. The number of aromatic nitrogens is 3. The Kier molecular flexibility index (Phi) is 6.39. The summed E-state index contributed by atoms with van der Waals surface area (Å²) in [6.07, 6.45) is 3.40. The number of ether oxygens (including phenoxy) is 2. The first kappa shape index (κ1) is 19.6. The van der Waals surface area contributed by atoms with E-state index in [4.69, 9.17) is 14.0 Å². The van der Waals surface area contributed by atoms with E-state index in [1.165, 1.54) is 0 Å². The number of nitrogens with zero attached hydrogens (tertiary/aromatic N) is 4. The Labute approximate surface area is 164 Å². The van der Waals surface area contributed by atoms with Crippen molar-refractivity contribution >= 4 is 0 Å². The number of pyridine rings is 1. The highest BCUT2D eigenvalue weighted by Gasteiger charge is 2.15. The van der Waals surface area contributed by atoms with E-state index >= 15 is 0 Å². The highest BCUT2D eigenvalue weighted by Crippen LogP contribution is 2.32. The average molecular weight is 380 g/mol. The van der Waals surface area contributed by atoms with E-state index in [1.54, 1.807) is 19.5 Å². The fraction of sp³-hybridized carbons (Fsp3) is 0.286. The highest BCUT2D eigenvalue weighted by atomic mass is 16.5. The lowest BCUT2D eigenvalue weighted by atomic mass is 10.1. The second-order valence-electron chi connectivity index (χ2n) is 6.61. The van der Waals surface area contributed by atoms with Gasteiger partial charge in [-0.05, 0) is 37.7 Å². The van der Waals surface area contributed by atoms with Crippen molar-refractivity contribution in [2.45, 2.75) is 20.0 Å². The van der Waals surface area contributed by atoms with E-state index in [2.05, 4.69) is 26.6 Å². The third-order valence-electron chi connectivity index (χ3n) is 4.00. The summed E-state index contributed by atoms with van der Waals surface area (Å²) in [7, 11) is 3.62. The van der Waals surface area contributed by atoms with E-state index in [-0.39, 0.29) is 0 Å². The number of benzene rings is 1. The molecular formula is C21H24N4O3. The molecule has 2 aromatic heterocycles. The Morgan fingerprint density at radius 1 is 1.18 bits per heavy atom. The maximum Gasteiger partial charge on any atom is 0.241 e. The third kappa shape index (κ3) is 4.95. The van der Waals surface area contributed by atoms with Gasteiger partial charge >= 0.3 is 0 Å². The molecule has 28 heavy (non-hydrogen) atoms. The number of hydrogen-bond acceptors (Lipinski definition) is 7. The molecule has 7 heteroatoms. The summed E-state index contributed by atoms with van der Waals surface area (Å²) in [6.45, 7) is 7.40. The molecule has 0 aliphatic rings. The minimum atomic E-state index is 0.441. The van der Waals surface area contributed by atoms with Crippen LogP contribution >= 0.6 is 0 Å². The number of para-hydroxylation sites is 1. The van der Waals surface area contributed by atoms with Crippen molar-refractivity contribution in [3.8, 4) is 22.9 Å². The van der Waals surface area contributed by atoms with E-state index in [1.807, 2.05) is 44.3 Å². The lowest BCUT2D eigenvalue weighted by Gasteiger charge is -2.19. The van der Waals surface area contributed by atoms with E-state index in [9.17, 15) is 0 Å². The van der Waals surface area contributed by atoms with Crippen molar-refractivity contribution in [3.63, 3.8) is 0 Å². The molecule has 0 unspecified atom stereocenters. The van der Waals surface area contributed by atoms with Crippen LogP contribution in [0.1, 0.15) is 18.4 Å². The maximum absolute atomic E-state index is 5.93. The fourth-order valence-corrected chi connectivity index (χ4v) is 2.72. The fourth-order valence-electron chi connectivity index (χ4n) is 2.72. The summed E-state index contributed by atoms with van der Waals surface area (Å²) in [6, 6.07) is 9.54. The monoisotopic (exact) mass is 380 g/mol. The zero-order valence-corrected chi connectivity index (χ0v) is 16.4. The Hall–Kier alpha value is -3.19. The standard InChI is InChI=1S/C21H24N4O3/c1-15(2)14-27-20-17(6-5-7-18(20)26-4)12-25(3)13-19-23-21(24-28-19)16-8-10-22-11-9-16/h5-11H,1,12-14H2,2-4H3. The van der Waals surface area contributed by atoms with Gasteiger partial charge in [0.25, 0.3) is 0 Å². The quantitative estimate of drug-likeness (QED) is 0.524. The van der Waals surface area contributed by atoms with Crippen molar-refractivity contribution in [1.82, 2.24) is 20.0 Å². The Morgan fingerprint density at radius 2 is 1.96 bits per heavy atom. The van der Waals surface area contributed by atoms with Crippen LogP contribution in [-0.2, 0) is 13.1 Å². The summed E-state index contributed by atoms with van der Waals surface area (Å²) in [4.78, 5) is 10.5. The molecule has 0 amide bonds. The molecule has 0 aliphatic heterocycles. The molecule has 0 fully saturated rings. The first-order valence-electron chi connectivity index (χ1n) is 8.91. The van der Waals surface area contributed by atoms with Crippen LogP contribution in [0.2, 0.25) is 0 Å². The van der Waals surface area contributed by atoms with Crippen LogP contribution in [0.15, 0.2) is 59.4 Å². The molecule has 3 aromatic rings. The molecule has 146 valence electrons. The maximum atomic E-state index is 5.93. The zero-order chi connectivity index (χ0) is 19.9. The van der Waals surface area contributed by atoms with Crippen LogP contribution in [0.25, 0.3) is 11.4 Å². The Balaban J connectivity index is 1.70. The van der Waals surface area contributed by atoms with Gasteiger partial charge in [0, 0.05) is 30.1 Å². The van der Waals surface area contributed by atoms with Gasteiger partial charge in [0.15, 0.2) is 11.5 Å². The van der Waals surface area contributed by atoms with Gasteiger partial charge in [0.05, 0.1) is 13.7 Å². The van der Waals surface area contributed by atoms with Crippen molar-refractivity contribution in [2.24, 2.45) is 0 Å². The summed E-state index contributed by atoms with van der Waals surface area (Å²) >= 11 is 0. The molecule has 0 atom stereocenters. The minimum Gasteiger partial charge on any atom is -0.493 e. The van der Waals surface area contributed by atoms with Gasteiger partial charge in [-0.2, -0.15) is 4.98 Å². The summed E-state index contributed by atoms with van der Waals surface area (Å²) < 4.78 is 16.8.